The van der Waals surface area contributed by atoms with E-state index in [9.17, 15) is 0 Å². The molecular weight excluding hydrogens is 182 g/mol. The normalized spacial score (nSPS) is 40.8. The molecule has 0 saturated carbocycles. The van der Waals surface area contributed by atoms with E-state index in [1.54, 1.807) is 0 Å². The average Bonchev–Trinajstić information content (AvgIpc) is 2.80. The first kappa shape index (κ1) is 9.89. The standard InChI is InChI=1S/C14H23N/c1-3-11-9-14(2)13-6-4-5-12(13)7-8-15(14)10-11/h11H,3-10H2,1-2H3/t11-,14-/m0/s1. The van der Waals surface area contributed by atoms with Crippen LogP contribution in [0.4, 0.5) is 0 Å². The van der Waals surface area contributed by atoms with E-state index >= 15 is 0 Å². The average molecular weight is 205 g/mol. The van der Waals surface area contributed by atoms with Crippen LogP contribution >= 0.6 is 0 Å². The second-order valence-electron chi connectivity index (χ2n) is 5.88. The Morgan fingerprint density at radius 2 is 2.20 bits per heavy atom. The van der Waals surface area contributed by atoms with Gasteiger partial charge in [0, 0.05) is 18.6 Å². The minimum Gasteiger partial charge on any atom is -0.294 e. The molecule has 15 heavy (non-hydrogen) atoms. The van der Waals surface area contributed by atoms with Crippen LogP contribution in [-0.4, -0.2) is 23.5 Å². The van der Waals surface area contributed by atoms with Crippen molar-refractivity contribution in [2.75, 3.05) is 13.1 Å². The molecule has 0 N–H and O–H groups in total. The number of rotatable bonds is 1. The molecule has 0 spiro atoms. The summed E-state index contributed by atoms with van der Waals surface area (Å²) >= 11 is 0. The maximum absolute atomic E-state index is 2.78. The van der Waals surface area contributed by atoms with E-state index in [1.807, 2.05) is 11.1 Å². The third-order valence-corrected chi connectivity index (χ3v) is 5.11. The highest BCUT2D eigenvalue weighted by molar-refractivity contribution is 5.34. The van der Waals surface area contributed by atoms with Crippen molar-refractivity contribution >= 4 is 0 Å². The van der Waals surface area contributed by atoms with Crippen LogP contribution in [0, 0.1) is 5.92 Å². The Labute approximate surface area is 93.5 Å². The van der Waals surface area contributed by atoms with Crippen molar-refractivity contribution in [3.8, 4) is 0 Å². The van der Waals surface area contributed by atoms with Crippen LogP contribution < -0.4 is 0 Å². The Kier molecular flexibility index (Phi) is 2.21. The van der Waals surface area contributed by atoms with Gasteiger partial charge in [-0.1, -0.05) is 24.5 Å². The smallest absolute Gasteiger partial charge is 0.0398 e. The molecule has 2 atom stereocenters. The van der Waals surface area contributed by atoms with Gasteiger partial charge in [0.05, 0.1) is 0 Å². The summed E-state index contributed by atoms with van der Waals surface area (Å²) in [6.45, 7) is 7.58. The van der Waals surface area contributed by atoms with Gasteiger partial charge < -0.3 is 0 Å². The van der Waals surface area contributed by atoms with Crippen molar-refractivity contribution < 1.29 is 0 Å². The molecular formula is C14H23N. The lowest BCUT2D eigenvalue weighted by Crippen LogP contribution is -2.45. The third-order valence-electron chi connectivity index (χ3n) is 5.11. The first-order chi connectivity index (χ1) is 7.24. The molecule has 3 rings (SSSR count). The SMILES string of the molecule is CC[C@@H]1CN2CCC3=C(CCC3)[C@]2(C)C1. The van der Waals surface area contributed by atoms with Gasteiger partial charge in [0.1, 0.15) is 0 Å². The summed E-state index contributed by atoms with van der Waals surface area (Å²) in [5.74, 6) is 0.961. The molecule has 3 aliphatic rings. The molecule has 0 amide bonds. The van der Waals surface area contributed by atoms with Crippen LogP contribution in [0.25, 0.3) is 0 Å². The first-order valence-corrected chi connectivity index (χ1v) is 6.70. The van der Waals surface area contributed by atoms with E-state index in [0.29, 0.717) is 5.54 Å². The minimum absolute atomic E-state index is 0.477. The van der Waals surface area contributed by atoms with E-state index < -0.39 is 0 Å². The summed E-state index contributed by atoms with van der Waals surface area (Å²) in [6.07, 6.45) is 8.43. The third kappa shape index (κ3) is 1.32. The van der Waals surface area contributed by atoms with Gasteiger partial charge in [-0.3, -0.25) is 4.90 Å². The van der Waals surface area contributed by atoms with Crippen LogP contribution in [0.3, 0.4) is 0 Å². The molecule has 1 saturated heterocycles. The molecule has 0 aromatic rings. The highest BCUT2D eigenvalue weighted by Crippen LogP contribution is 2.49. The maximum Gasteiger partial charge on any atom is 0.0398 e. The zero-order chi connectivity index (χ0) is 10.5. The Bertz CT molecular complexity index is 304. The van der Waals surface area contributed by atoms with E-state index in [2.05, 4.69) is 18.7 Å². The van der Waals surface area contributed by atoms with Crippen LogP contribution in [0.2, 0.25) is 0 Å². The topological polar surface area (TPSA) is 3.24 Å². The van der Waals surface area contributed by atoms with Crippen molar-refractivity contribution in [1.82, 2.24) is 4.90 Å². The lowest BCUT2D eigenvalue weighted by Gasteiger charge is -2.41. The van der Waals surface area contributed by atoms with E-state index in [4.69, 9.17) is 0 Å². The molecule has 0 bridgehead atoms. The van der Waals surface area contributed by atoms with Gasteiger partial charge >= 0.3 is 0 Å². The zero-order valence-corrected chi connectivity index (χ0v) is 10.2. The van der Waals surface area contributed by atoms with Crippen LogP contribution in [-0.2, 0) is 0 Å². The largest absolute Gasteiger partial charge is 0.294 e. The van der Waals surface area contributed by atoms with Crippen LogP contribution in [0.15, 0.2) is 11.1 Å². The first-order valence-electron chi connectivity index (χ1n) is 6.70. The van der Waals surface area contributed by atoms with Gasteiger partial charge in [-0.05, 0) is 44.9 Å². The number of fused-ring (bicyclic) bond motifs is 2. The summed E-state index contributed by atoms with van der Waals surface area (Å²) in [7, 11) is 0. The quantitative estimate of drug-likeness (QED) is 0.593. The molecule has 0 radical (unpaired) electrons. The maximum atomic E-state index is 2.78. The predicted octanol–water partition coefficient (Wildman–Crippen LogP) is 3.36. The molecule has 84 valence electrons. The Balaban J connectivity index is 1.94. The van der Waals surface area contributed by atoms with Gasteiger partial charge in [0.15, 0.2) is 0 Å². The lowest BCUT2D eigenvalue weighted by atomic mass is 9.81. The highest BCUT2D eigenvalue weighted by atomic mass is 15.2. The van der Waals surface area contributed by atoms with Crippen molar-refractivity contribution in [1.29, 1.82) is 0 Å². The molecule has 1 fully saturated rings. The minimum atomic E-state index is 0.477. The summed E-state index contributed by atoms with van der Waals surface area (Å²) in [4.78, 5) is 2.78. The van der Waals surface area contributed by atoms with E-state index in [0.717, 1.165) is 5.92 Å². The molecule has 0 aromatic carbocycles. The van der Waals surface area contributed by atoms with Gasteiger partial charge in [0.2, 0.25) is 0 Å². The van der Waals surface area contributed by atoms with Crippen molar-refractivity contribution in [3.63, 3.8) is 0 Å². The van der Waals surface area contributed by atoms with Crippen molar-refractivity contribution in [2.24, 2.45) is 5.92 Å². The summed E-state index contributed by atoms with van der Waals surface area (Å²) in [6, 6.07) is 0. The number of hydrogen-bond donors (Lipinski definition) is 0. The second kappa shape index (κ2) is 3.35. The van der Waals surface area contributed by atoms with Gasteiger partial charge in [-0.2, -0.15) is 0 Å². The van der Waals surface area contributed by atoms with Gasteiger partial charge in [-0.15, -0.1) is 0 Å². The number of hydrogen-bond acceptors (Lipinski definition) is 1. The molecule has 1 heteroatoms. The summed E-state index contributed by atoms with van der Waals surface area (Å²) < 4.78 is 0. The van der Waals surface area contributed by atoms with E-state index in [-0.39, 0.29) is 0 Å². The van der Waals surface area contributed by atoms with Crippen LogP contribution in [0.5, 0.6) is 0 Å². The zero-order valence-electron chi connectivity index (χ0n) is 10.2. The van der Waals surface area contributed by atoms with Gasteiger partial charge in [0.25, 0.3) is 0 Å². The predicted molar refractivity (Wildman–Crippen MR) is 63.9 cm³/mol. The van der Waals surface area contributed by atoms with Crippen molar-refractivity contribution in [2.45, 2.75) is 57.9 Å². The van der Waals surface area contributed by atoms with Crippen molar-refractivity contribution in [3.05, 3.63) is 11.1 Å². The summed E-state index contributed by atoms with van der Waals surface area (Å²) in [5, 5.41) is 0. The fraction of sp³-hybridized carbons (Fsp3) is 0.857. The second-order valence-corrected chi connectivity index (χ2v) is 5.88. The fourth-order valence-corrected chi connectivity index (χ4v) is 4.20. The Hall–Kier alpha value is -0.300. The van der Waals surface area contributed by atoms with E-state index in [1.165, 1.54) is 51.6 Å². The fourth-order valence-electron chi connectivity index (χ4n) is 4.20. The van der Waals surface area contributed by atoms with Crippen LogP contribution in [0.1, 0.15) is 52.4 Å². The molecule has 0 aromatic heterocycles. The monoisotopic (exact) mass is 205 g/mol. The summed E-state index contributed by atoms with van der Waals surface area (Å²) in [5.41, 5.74) is 4.17. The Morgan fingerprint density at radius 3 is 3.00 bits per heavy atom. The molecule has 1 nitrogen and oxygen atoms in total. The molecule has 0 unspecified atom stereocenters. The Morgan fingerprint density at radius 1 is 1.33 bits per heavy atom. The molecule has 1 aliphatic carbocycles. The number of nitrogens with zero attached hydrogens (tertiary/aromatic N) is 1. The molecule has 2 heterocycles. The van der Waals surface area contributed by atoms with Gasteiger partial charge in [-0.25, -0.2) is 0 Å². The lowest BCUT2D eigenvalue weighted by molar-refractivity contribution is 0.176. The highest BCUT2D eigenvalue weighted by Gasteiger charge is 2.47. The molecule has 2 aliphatic heterocycles.